The smallest absolute Gasteiger partial charge is 0.577 e. The Hall–Kier alpha value is -5.08. The highest BCUT2D eigenvalue weighted by Crippen LogP contribution is 2.40. The number of hydrogen-bond acceptors (Lipinski definition) is 9. The summed E-state index contributed by atoms with van der Waals surface area (Å²) in [6.45, 7) is 0. The zero-order chi connectivity index (χ0) is 32.6. The van der Waals surface area contributed by atoms with E-state index in [0.29, 0.717) is 17.2 Å². The van der Waals surface area contributed by atoms with Gasteiger partial charge in [-0.25, -0.2) is 15.0 Å². The first-order valence-electron chi connectivity index (χ1n) is 15.6. The lowest BCUT2D eigenvalue weighted by atomic mass is 10.2. The maximum Gasteiger partial charge on any atom is 1.20 e. The average molecular weight is 706 g/mol. The minimum atomic E-state index is -3.04. The lowest BCUT2D eigenvalue weighted by Crippen LogP contribution is -2.37. The highest BCUT2D eigenvalue weighted by atomic mass is 32.1. The van der Waals surface area contributed by atoms with Crippen LogP contribution in [0.1, 0.15) is 0 Å². The second-order valence-electron chi connectivity index (χ2n) is 11.1. The highest BCUT2D eigenvalue weighted by molar-refractivity contribution is 7.22. The summed E-state index contributed by atoms with van der Waals surface area (Å²) in [6.07, 6.45) is 0. The fourth-order valence-corrected chi connectivity index (χ4v) is 9.95. The molecule has 9 rings (SSSR count). The zero-order valence-corrected chi connectivity index (χ0v) is 29.3. The topological polar surface area (TPSA) is 66.4 Å². The molecule has 0 saturated carbocycles. The first-order chi connectivity index (χ1) is 24.2. The van der Waals surface area contributed by atoms with Crippen LogP contribution in [0, 0.1) is 0 Å². The van der Waals surface area contributed by atoms with E-state index >= 15 is 0 Å². The van der Waals surface area contributed by atoms with E-state index in [-0.39, 0.29) is 0 Å². The van der Waals surface area contributed by atoms with Crippen LogP contribution < -0.4 is 11.4 Å². The summed E-state index contributed by atoms with van der Waals surface area (Å²) in [7, 11) is 0. The number of thiazole rings is 3. The van der Waals surface area contributed by atoms with Crippen molar-refractivity contribution in [1.82, 2.24) is 15.0 Å². The monoisotopic (exact) mass is 705 g/mol. The van der Waals surface area contributed by atoms with Gasteiger partial charge in [-0.1, -0.05) is 72.8 Å². The van der Waals surface area contributed by atoms with E-state index < -0.39 is 15.1 Å². The van der Waals surface area contributed by atoms with Gasteiger partial charge in [0.15, 0.2) is 0 Å². The normalized spacial score (nSPS) is 11.3. The van der Waals surface area contributed by atoms with Crippen LogP contribution in [0.15, 0.2) is 146 Å². The molecule has 6 aromatic carbocycles. The number of benzene rings is 6. The van der Waals surface area contributed by atoms with Gasteiger partial charge < -0.3 is 11.4 Å². The summed E-state index contributed by atoms with van der Waals surface area (Å²) < 4.78 is 23.8. The van der Waals surface area contributed by atoms with Crippen molar-refractivity contribution in [1.29, 1.82) is 0 Å². The van der Waals surface area contributed by atoms with E-state index in [9.17, 15) is 0 Å². The minimum absolute atomic E-state index is 0.646. The number of nitrogens with zero attached hydrogens (tertiary/aromatic N) is 3. The first kappa shape index (κ1) is 30.0. The van der Waals surface area contributed by atoms with Crippen molar-refractivity contribution in [2.45, 2.75) is 0 Å². The van der Waals surface area contributed by atoms with Gasteiger partial charge in [-0.3, -0.25) is 0 Å². The van der Waals surface area contributed by atoms with Gasteiger partial charge in [-0.15, -0.1) is 34.0 Å². The average Bonchev–Trinajstić information content (AvgIpc) is 3.89. The van der Waals surface area contributed by atoms with Gasteiger partial charge in [0.05, 0.1) is 47.9 Å². The maximum absolute atomic E-state index is 6.83. The number of fused-ring (bicyclic) bond motifs is 3. The van der Waals surface area contributed by atoms with Gasteiger partial charge in [0.25, 0.3) is 0 Å². The Labute approximate surface area is 298 Å². The molecule has 6 nitrogen and oxygen atoms in total. The van der Waals surface area contributed by atoms with Crippen LogP contribution in [0.3, 0.4) is 0 Å². The Kier molecular flexibility index (Phi) is 8.02. The molecule has 0 fully saturated rings. The molecule has 0 radical (unpaired) electrons. The van der Waals surface area contributed by atoms with Crippen molar-refractivity contribution < 1.29 is 11.4 Å². The Morgan fingerprint density at radius 3 is 0.959 bits per heavy atom. The summed E-state index contributed by atoms with van der Waals surface area (Å²) in [4.78, 5) is 14.8. The summed E-state index contributed by atoms with van der Waals surface area (Å²) in [5, 5.41) is 2.61. The second-order valence-corrected chi connectivity index (χ2v) is 15.5. The van der Waals surface area contributed by atoms with Gasteiger partial charge >= 0.3 is 15.1 Å². The van der Waals surface area contributed by atoms with Crippen LogP contribution in [0.5, 0.6) is 17.2 Å². The molecule has 3 heterocycles. The van der Waals surface area contributed by atoms with Gasteiger partial charge in [0.2, 0.25) is 0 Å². The van der Waals surface area contributed by atoms with Crippen molar-refractivity contribution in [3.05, 3.63) is 146 Å². The van der Waals surface area contributed by atoms with Crippen molar-refractivity contribution in [3.63, 3.8) is 0 Å². The fourth-order valence-electron chi connectivity index (χ4n) is 5.58. The van der Waals surface area contributed by atoms with Crippen LogP contribution in [0.4, 0.5) is 0 Å². The third kappa shape index (κ3) is 6.06. The molecule has 49 heavy (non-hydrogen) atoms. The first-order valence-corrected chi connectivity index (χ1v) is 19.5. The molecule has 9 aromatic rings. The van der Waals surface area contributed by atoms with Crippen molar-refractivity contribution >= 4 is 79.8 Å². The molecular formula is C39H24AlN3O3S3. The van der Waals surface area contributed by atoms with Gasteiger partial charge in [-0.05, 0) is 72.8 Å². The van der Waals surface area contributed by atoms with E-state index in [0.717, 1.165) is 62.4 Å². The fraction of sp³-hybridized carbons (Fsp3) is 0. The van der Waals surface area contributed by atoms with Gasteiger partial charge in [0.1, 0.15) is 15.0 Å². The van der Waals surface area contributed by atoms with Gasteiger partial charge in [-0.2, -0.15) is 0 Å². The molecule has 0 saturated heterocycles. The molecule has 0 unspecified atom stereocenters. The van der Waals surface area contributed by atoms with Crippen LogP contribution in [0.25, 0.3) is 62.4 Å². The highest BCUT2D eigenvalue weighted by Gasteiger charge is 2.46. The van der Waals surface area contributed by atoms with E-state index in [2.05, 4.69) is 18.2 Å². The summed E-state index contributed by atoms with van der Waals surface area (Å²) in [5.41, 5.74) is 5.50. The molecule has 0 atom stereocenters. The van der Waals surface area contributed by atoms with Gasteiger partial charge in [0, 0.05) is 16.7 Å². The van der Waals surface area contributed by atoms with Crippen molar-refractivity contribution in [2.24, 2.45) is 0 Å². The molecule has 0 aliphatic heterocycles. The summed E-state index contributed by atoms with van der Waals surface area (Å²) in [5.74, 6) is 1.94. The summed E-state index contributed by atoms with van der Waals surface area (Å²) >= 11 is 1.85. The Bertz CT molecular complexity index is 2210. The largest absolute Gasteiger partial charge is 1.20 e. The number of hydrogen-bond donors (Lipinski definition) is 0. The molecule has 0 aliphatic carbocycles. The van der Waals surface area contributed by atoms with Crippen LogP contribution in [0.2, 0.25) is 0 Å². The van der Waals surface area contributed by atoms with Crippen molar-refractivity contribution in [3.8, 4) is 49.0 Å². The third-order valence-electron chi connectivity index (χ3n) is 7.90. The van der Waals surface area contributed by atoms with E-state index in [1.165, 1.54) is 0 Å². The number of aromatic nitrogens is 3. The molecule has 3 aromatic heterocycles. The summed E-state index contributed by atoms with van der Waals surface area (Å²) in [6, 6.07) is 48.3. The van der Waals surface area contributed by atoms with Crippen LogP contribution in [-0.4, -0.2) is 30.1 Å². The van der Waals surface area contributed by atoms with E-state index in [1.807, 2.05) is 127 Å². The van der Waals surface area contributed by atoms with Crippen LogP contribution >= 0.6 is 34.0 Å². The Morgan fingerprint density at radius 2 is 0.633 bits per heavy atom. The maximum atomic E-state index is 6.83. The standard InChI is InChI=1S/3C13H9NOS.Al/c3*15-11-7-3-1-5-9(11)13-14-10-6-2-4-8-12(10)16-13;/h3*1-8,15H;/q;;;+3/p-3. The lowest BCUT2D eigenvalue weighted by Gasteiger charge is -2.20. The quantitative estimate of drug-likeness (QED) is 0.139. The molecule has 234 valence electrons. The minimum Gasteiger partial charge on any atom is -0.577 e. The molecule has 0 bridgehead atoms. The number of para-hydroxylation sites is 6. The third-order valence-corrected chi connectivity index (χ3v) is 12.5. The lowest BCUT2D eigenvalue weighted by molar-refractivity contribution is 0.309. The van der Waals surface area contributed by atoms with Crippen LogP contribution in [-0.2, 0) is 0 Å². The van der Waals surface area contributed by atoms with E-state index in [1.54, 1.807) is 34.0 Å². The molecule has 0 aliphatic rings. The predicted molar refractivity (Wildman–Crippen MR) is 203 cm³/mol. The Morgan fingerprint density at radius 1 is 0.347 bits per heavy atom. The molecule has 0 N–H and O–H groups in total. The molecular weight excluding hydrogens is 682 g/mol. The predicted octanol–water partition coefficient (Wildman–Crippen LogP) is 11.0. The van der Waals surface area contributed by atoms with E-state index in [4.69, 9.17) is 26.3 Å². The molecule has 0 amide bonds. The SMILES string of the molecule is c1ccc(-c2nc3ccccc3s2)c([O][Al]([O]c2ccccc2-c2nc3ccccc3s2)[O]c2ccccc2-c2nc3ccccc3s2)c1. The molecule has 0 spiro atoms. The second kappa shape index (κ2) is 13.1. The zero-order valence-electron chi connectivity index (χ0n) is 25.7. The molecule has 10 heteroatoms. The Balaban J connectivity index is 1.12. The van der Waals surface area contributed by atoms with Crippen molar-refractivity contribution in [2.75, 3.05) is 0 Å². The number of rotatable bonds is 9.